The fourth-order valence-corrected chi connectivity index (χ4v) is 5.26. The van der Waals surface area contributed by atoms with E-state index in [2.05, 4.69) is 56.4 Å². The Morgan fingerprint density at radius 2 is 2.00 bits per heavy atom. The van der Waals surface area contributed by atoms with Gasteiger partial charge in [-0.3, -0.25) is 9.69 Å². The summed E-state index contributed by atoms with van der Waals surface area (Å²) in [7, 11) is 3.71. The molecule has 5 rings (SSSR count). The van der Waals surface area contributed by atoms with Gasteiger partial charge in [-0.05, 0) is 73.3 Å². The lowest BCUT2D eigenvalue weighted by atomic mass is 9.89. The smallest absolute Gasteiger partial charge is 0.251 e. The Hall–Kier alpha value is -3.93. The summed E-state index contributed by atoms with van der Waals surface area (Å²) in [4.78, 5) is 18.9. The molecule has 4 heterocycles. The Morgan fingerprint density at radius 3 is 2.69 bits per heavy atom. The zero-order valence-electron chi connectivity index (χ0n) is 20.7. The summed E-state index contributed by atoms with van der Waals surface area (Å²) in [6, 6.07) is 14.4. The average molecular weight is 482 g/mol. The van der Waals surface area contributed by atoms with Gasteiger partial charge in [-0.15, -0.1) is 0 Å². The third kappa shape index (κ3) is 4.51. The van der Waals surface area contributed by atoms with Crippen molar-refractivity contribution in [2.24, 2.45) is 12.8 Å². The van der Waals surface area contributed by atoms with E-state index in [-0.39, 0.29) is 12.1 Å². The molecule has 2 aromatic heterocycles. The second-order valence-electron chi connectivity index (χ2n) is 9.47. The van der Waals surface area contributed by atoms with Gasteiger partial charge in [-0.2, -0.15) is 5.26 Å². The first-order valence-electron chi connectivity index (χ1n) is 12.3. The van der Waals surface area contributed by atoms with E-state index in [1.165, 1.54) is 11.3 Å². The molecule has 1 amide bonds. The van der Waals surface area contributed by atoms with E-state index < -0.39 is 0 Å². The van der Waals surface area contributed by atoms with Gasteiger partial charge in [0.1, 0.15) is 17.4 Å². The summed E-state index contributed by atoms with van der Waals surface area (Å²) in [6.45, 7) is 2.87. The SMILES string of the molecule is CNC(=O)c1ccc(C2CCN(Cc3cc4c(C5=C(C#N)NC(N)C=C5)ccnc4n3C)CC2)cc1. The molecule has 1 aromatic carbocycles. The third-order valence-corrected chi connectivity index (χ3v) is 7.33. The molecule has 1 atom stereocenters. The summed E-state index contributed by atoms with van der Waals surface area (Å²) in [5, 5.41) is 16.4. The summed E-state index contributed by atoms with van der Waals surface area (Å²) in [6.07, 6.45) is 7.40. The predicted octanol–water partition coefficient (Wildman–Crippen LogP) is 2.99. The molecular formula is C28H31N7O. The number of aryl methyl sites for hydroxylation is 1. The van der Waals surface area contributed by atoms with Gasteiger partial charge < -0.3 is 20.9 Å². The molecule has 0 saturated carbocycles. The molecule has 8 heteroatoms. The molecular weight excluding hydrogens is 450 g/mol. The number of carbonyl (C=O) groups excluding carboxylic acids is 1. The number of nitriles is 1. The quantitative estimate of drug-likeness (QED) is 0.517. The van der Waals surface area contributed by atoms with Crippen molar-refractivity contribution in [3.8, 4) is 6.07 Å². The average Bonchev–Trinajstić information content (AvgIpc) is 3.23. The van der Waals surface area contributed by atoms with Gasteiger partial charge in [0.05, 0.1) is 6.17 Å². The lowest BCUT2D eigenvalue weighted by Crippen LogP contribution is -2.36. The zero-order valence-corrected chi connectivity index (χ0v) is 20.7. The molecule has 0 radical (unpaired) electrons. The fraction of sp³-hybridized carbons (Fsp3) is 0.321. The number of carbonyl (C=O) groups is 1. The maximum Gasteiger partial charge on any atom is 0.251 e. The van der Waals surface area contributed by atoms with Crippen molar-refractivity contribution in [3.63, 3.8) is 0 Å². The number of pyridine rings is 1. The number of amides is 1. The molecule has 8 nitrogen and oxygen atoms in total. The van der Waals surface area contributed by atoms with E-state index in [4.69, 9.17) is 5.73 Å². The Labute approximate surface area is 211 Å². The van der Waals surface area contributed by atoms with Crippen LogP contribution in [0.1, 0.15) is 45.9 Å². The highest BCUT2D eigenvalue weighted by Crippen LogP contribution is 2.32. The van der Waals surface area contributed by atoms with E-state index in [0.717, 1.165) is 54.6 Å². The minimum absolute atomic E-state index is 0.0524. The number of rotatable bonds is 5. The molecule has 0 spiro atoms. The van der Waals surface area contributed by atoms with Crippen molar-refractivity contribution in [1.29, 1.82) is 5.26 Å². The lowest BCUT2D eigenvalue weighted by molar-refractivity contribution is 0.0963. The highest BCUT2D eigenvalue weighted by atomic mass is 16.1. The largest absolute Gasteiger partial charge is 0.358 e. The molecule has 1 fully saturated rings. The lowest BCUT2D eigenvalue weighted by Gasteiger charge is -2.32. The number of fused-ring (bicyclic) bond motifs is 1. The number of allylic oxidation sites excluding steroid dienone is 3. The van der Waals surface area contributed by atoms with Crippen LogP contribution < -0.4 is 16.4 Å². The third-order valence-electron chi connectivity index (χ3n) is 7.33. The molecule has 184 valence electrons. The van der Waals surface area contributed by atoms with E-state index in [9.17, 15) is 10.1 Å². The van der Waals surface area contributed by atoms with Crippen LogP contribution in [0.3, 0.4) is 0 Å². The van der Waals surface area contributed by atoms with Gasteiger partial charge in [0.2, 0.25) is 0 Å². The van der Waals surface area contributed by atoms with Crippen LogP contribution in [0.2, 0.25) is 0 Å². The molecule has 0 bridgehead atoms. The molecule has 2 aliphatic heterocycles. The first-order valence-corrected chi connectivity index (χ1v) is 12.3. The van der Waals surface area contributed by atoms with Crippen molar-refractivity contribution >= 4 is 22.5 Å². The van der Waals surface area contributed by atoms with Crippen molar-refractivity contribution in [2.45, 2.75) is 31.5 Å². The van der Waals surface area contributed by atoms with Crippen LogP contribution in [0, 0.1) is 11.3 Å². The monoisotopic (exact) mass is 481 g/mol. The highest BCUT2D eigenvalue weighted by molar-refractivity contribution is 5.96. The maximum atomic E-state index is 11.8. The number of nitrogens with zero attached hydrogens (tertiary/aromatic N) is 4. The van der Waals surface area contributed by atoms with Crippen LogP contribution in [-0.4, -0.2) is 46.7 Å². The molecule has 1 unspecified atom stereocenters. The molecule has 2 aliphatic rings. The van der Waals surface area contributed by atoms with E-state index in [1.807, 2.05) is 30.4 Å². The number of dihydropyridines is 1. The molecule has 4 N–H and O–H groups in total. The van der Waals surface area contributed by atoms with Gasteiger partial charge in [0.25, 0.3) is 5.91 Å². The maximum absolute atomic E-state index is 11.8. The van der Waals surface area contributed by atoms with Crippen LogP contribution in [0.4, 0.5) is 0 Å². The minimum Gasteiger partial charge on any atom is -0.358 e. The van der Waals surface area contributed by atoms with Gasteiger partial charge in [-0.25, -0.2) is 4.98 Å². The van der Waals surface area contributed by atoms with Crippen LogP contribution in [-0.2, 0) is 13.6 Å². The molecule has 36 heavy (non-hydrogen) atoms. The number of benzene rings is 1. The van der Waals surface area contributed by atoms with Gasteiger partial charge in [-0.1, -0.05) is 18.2 Å². The topological polar surface area (TPSA) is 112 Å². The van der Waals surface area contributed by atoms with Gasteiger partial charge in [0, 0.05) is 49.1 Å². The van der Waals surface area contributed by atoms with Crippen molar-refractivity contribution < 1.29 is 4.79 Å². The predicted molar refractivity (Wildman–Crippen MR) is 141 cm³/mol. The van der Waals surface area contributed by atoms with Crippen LogP contribution >= 0.6 is 0 Å². The van der Waals surface area contributed by atoms with Crippen molar-refractivity contribution in [1.82, 2.24) is 25.1 Å². The number of likely N-dealkylation sites (tertiary alicyclic amines) is 1. The van der Waals surface area contributed by atoms with Crippen molar-refractivity contribution in [3.05, 3.63) is 82.8 Å². The van der Waals surface area contributed by atoms with Crippen molar-refractivity contribution in [2.75, 3.05) is 20.1 Å². The summed E-state index contributed by atoms with van der Waals surface area (Å²) < 4.78 is 2.15. The number of nitrogens with one attached hydrogen (secondary N) is 2. The summed E-state index contributed by atoms with van der Waals surface area (Å²) in [5.41, 5.74) is 12.3. The van der Waals surface area contributed by atoms with Crippen LogP contribution in [0.5, 0.6) is 0 Å². The van der Waals surface area contributed by atoms with Gasteiger partial charge >= 0.3 is 0 Å². The first kappa shape index (κ1) is 23.8. The summed E-state index contributed by atoms with van der Waals surface area (Å²) >= 11 is 0. The molecule has 3 aromatic rings. The Morgan fingerprint density at radius 1 is 1.25 bits per heavy atom. The first-order chi connectivity index (χ1) is 17.5. The van der Waals surface area contributed by atoms with E-state index in [0.29, 0.717) is 17.2 Å². The Kier molecular flexibility index (Phi) is 6.59. The number of hydrogen-bond acceptors (Lipinski definition) is 6. The number of hydrogen-bond donors (Lipinski definition) is 3. The standard InChI is InChI=1S/C28H31N7O/c1-31-28(36)20-5-3-18(4-6-20)19-10-13-35(14-11-19)17-21-15-24-22(9-12-32-27(24)34(21)2)23-7-8-26(30)33-25(23)16-29/h3-9,12,15,19,26,33H,10-11,13-14,17,30H2,1-2H3,(H,31,36). The molecule has 1 saturated heterocycles. The molecule has 0 aliphatic carbocycles. The second kappa shape index (κ2) is 9.97. The van der Waals surface area contributed by atoms with E-state index in [1.54, 1.807) is 13.2 Å². The Balaban J connectivity index is 1.31. The van der Waals surface area contributed by atoms with E-state index >= 15 is 0 Å². The highest BCUT2D eigenvalue weighted by Gasteiger charge is 2.23. The number of piperidine rings is 1. The number of aromatic nitrogens is 2. The fourth-order valence-electron chi connectivity index (χ4n) is 5.26. The second-order valence-corrected chi connectivity index (χ2v) is 9.47. The van der Waals surface area contributed by atoms with Crippen LogP contribution in [0.15, 0.2) is 60.4 Å². The normalized spacial score (nSPS) is 18.8. The summed E-state index contributed by atoms with van der Waals surface area (Å²) in [5.74, 6) is 0.456. The van der Waals surface area contributed by atoms with Crippen LogP contribution in [0.25, 0.3) is 16.6 Å². The number of nitrogens with two attached hydrogens (primary N) is 1. The zero-order chi connectivity index (χ0) is 25.2. The van der Waals surface area contributed by atoms with Gasteiger partial charge in [0.15, 0.2) is 0 Å². The minimum atomic E-state index is -0.358. The Bertz CT molecular complexity index is 1390.